The average Bonchev–Trinajstić information content (AvgIpc) is 3.27. The van der Waals surface area contributed by atoms with E-state index in [-0.39, 0.29) is 17.6 Å². The van der Waals surface area contributed by atoms with Gasteiger partial charge in [0.1, 0.15) is 5.60 Å². The summed E-state index contributed by atoms with van der Waals surface area (Å²) in [6.45, 7) is 7.66. The summed E-state index contributed by atoms with van der Waals surface area (Å²) in [4.78, 5) is 17.7. The fourth-order valence-electron chi connectivity index (χ4n) is 5.55. The van der Waals surface area contributed by atoms with Crippen LogP contribution in [0, 0.1) is 5.92 Å². The summed E-state index contributed by atoms with van der Waals surface area (Å²) in [6, 6.07) is 3.20. The van der Waals surface area contributed by atoms with Crippen LogP contribution in [0.25, 0.3) is 0 Å². The number of rotatable bonds is 5. The molecule has 5 rings (SSSR count). The van der Waals surface area contributed by atoms with Gasteiger partial charge in [0, 0.05) is 41.3 Å². The van der Waals surface area contributed by atoms with Gasteiger partial charge in [-0.2, -0.15) is 0 Å². The molecule has 2 N–H and O–H groups in total. The lowest BCUT2D eigenvalue weighted by Crippen LogP contribution is -2.55. The van der Waals surface area contributed by atoms with E-state index < -0.39 is 5.60 Å². The molecule has 0 aromatic carbocycles. The number of aliphatic hydroxyl groups is 1. The lowest BCUT2D eigenvalue weighted by Gasteiger charge is -2.49. The zero-order valence-electron chi connectivity index (χ0n) is 17.7. The third kappa shape index (κ3) is 3.67. The maximum atomic E-state index is 12.0. The van der Waals surface area contributed by atoms with Crippen LogP contribution >= 0.6 is 11.3 Å². The number of aryl methyl sites for hydroxylation is 1. The summed E-state index contributed by atoms with van der Waals surface area (Å²) < 4.78 is 6.46. The summed E-state index contributed by atoms with van der Waals surface area (Å²) in [5, 5.41) is 12.9. The number of nitrogens with zero attached hydrogens (tertiary/aromatic N) is 1. The molecule has 1 aromatic rings. The first-order valence-electron chi connectivity index (χ1n) is 11.4. The van der Waals surface area contributed by atoms with Gasteiger partial charge >= 0.3 is 0 Å². The first kappa shape index (κ1) is 20.0. The van der Waals surface area contributed by atoms with Crippen molar-refractivity contribution in [1.29, 1.82) is 0 Å². The van der Waals surface area contributed by atoms with Gasteiger partial charge in [-0.25, -0.2) is 0 Å². The quantitative estimate of drug-likeness (QED) is 0.772. The van der Waals surface area contributed by atoms with E-state index in [9.17, 15) is 9.90 Å². The van der Waals surface area contributed by atoms with E-state index in [0.29, 0.717) is 24.8 Å². The highest BCUT2D eigenvalue weighted by Gasteiger charge is 2.50. The van der Waals surface area contributed by atoms with E-state index in [1.807, 2.05) is 11.3 Å². The molecule has 2 atom stereocenters. The van der Waals surface area contributed by atoms with Gasteiger partial charge < -0.3 is 20.1 Å². The zero-order chi connectivity index (χ0) is 20.2. The van der Waals surface area contributed by atoms with Gasteiger partial charge in [-0.1, -0.05) is 6.92 Å². The third-order valence-corrected chi connectivity index (χ3v) is 9.01. The molecule has 0 bridgehead atoms. The van der Waals surface area contributed by atoms with Gasteiger partial charge in [0.25, 0.3) is 5.91 Å². The molecule has 160 valence electrons. The molecule has 2 aliphatic carbocycles. The molecule has 4 aliphatic rings. The van der Waals surface area contributed by atoms with Gasteiger partial charge in [-0.15, -0.1) is 11.3 Å². The van der Waals surface area contributed by atoms with Gasteiger partial charge in [0.2, 0.25) is 0 Å². The van der Waals surface area contributed by atoms with Gasteiger partial charge in [-0.05, 0) is 69.4 Å². The molecule has 1 amide bonds. The Hall–Kier alpha value is -0.950. The molecule has 0 radical (unpaired) electrons. The molecular weight excluding hydrogens is 384 g/mol. The van der Waals surface area contributed by atoms with Crippen LogP contribution in [0.3, 0.4) is 0 Å². The minimum Gasteiger partial charge on any atom is -0.380 e. The van der Waals surface area contributed by atoms with Crippen LogP contribution in [0.4, 0.5) is 0 Å². The molecule has 1 spiro atoms. The van der Waals surface area contributed by atoms with E-state index in [1.165, 1.54) is 10.4 Å². The summed E-state index contributed by atoms with van der Waals surface area (Å²) in [7, 11) is 0. The normalized spacial score (nSPS) is 35.8. The predicted molar refractivity (Wildman–Crippen MR) is 114 cm³/mol. The number of nitrogens with one attached hydrogen (secondary N) is 1. The molecule has 2 aliphatic heterocycles. The molecule has 3 heterocycles. The van der Waals surface area contributed by atoms with Gasteiger partial charge in [0.15, 0.2) is 0 Å². The molecule has 1 saturated heterocycles. The number of hydrogen-bond donors (Lipinski definition) is 2. The van der Waals surface area contributed by atoms with Crippen LogP contribution in [-0.4, -0.2) is 53.3 Å². The van der Waals surface area contributed by atoms with Crippen molar-refractivity contribution in [1.82, 2.24) is 10.2 Å². The van der Waals surface area contributed by atoms with Crippen molar-refractivity contribution >= 4 is 17.2 Å². The largest absolute Gasteiger partial charge is 0.380 e. The highest BCUT2D eigenvalue weighted by atomic mass is 32.1. The number of fused-ring (bicyclic) bond motifs is 2. The maximum absolute atomic E-state index is 12.0. The van der Waals surface area contributed by atoms with Crippen molar-refractivity contribution in [2.75, 3.05) is 19.7 Å². The number of carbonyl (C=O) groups is 1. The number of amides is 1. The lowest BCUT2D eigenvalue weighted by atomic mass is 9.76. The smallest absolute Gasteiger partial charge is 0.252 e. The fraction of sp³-hybridized carbons (Fsp3) is 0.783. The van der Waals surface area contributed by atoms with Crippen LogP contribution in [-0.2, 0) is 28.0 Å². The molecule has 0 unspecified atom stereocenters. The minimum atomic E-state index is -1.04. The standard InChI is InChI=1S/C23H34N2O3S/c1-3-18-12-19-20(29-18)4-9-28-23(19)7-8-25(15(2)13-23)14-16-10-17(11-16)24-21(26)22(27)5-6-22/h12,15-17,27H,3-11,13-14H2,1-2H3,(H,24,26)/t15-,16-,17+,23+/m0/s1. The Bertz CT molecular complexity index is 783. The van der Waals surface area contributed by atoms with Crippen molar-refractivity contribution in [2.24, 2.45) is 5.92 Å². The van der Waals surface area contributed by atoms with E-state index in [4.69, 9.17) is 4.74 Å². The number of ether oxygens (including phenoxy) is 1. The summed E-state index contributed by atoms with van der Waals surface area (Å²) in [6.07, 6.45) is 7.69. The van der Waals surface area contributed by atoms with Crippen LogP contribution in [0.5, 0.6) is 0 Å². The maximum Gasteiger partial charge on any atom is 0.252 e. The molecule has 1 aromatic heterocycles. The molecule has 2 saturated carbocycles. The summed E-state index contributed by atoms with van der Waals surface area (Å²) >= 11 is 1.99. The van der Waals surface area contributed by atoms with Crippen molar-refractivity contribution in [2.45, 2.75) is 88.5 Å². The Balaban J connectivity index is 1.15. The zero-order valence-corrected chi connectivity index (χ0v) is 18.5. The van der Waals surface area contributed by atoms with Crippen LogP contribution in [0.2, 0.25) is 0 Å². The molecule has 29 heavy (non-hydrogen) atoms. The highest BCUT2D eigenvalue weighted by molar-refractivity contribution is 7.12. The summed E-state index contributed by atoms with van der Waals surface area (Å²) in [5.74, 6) is 0.503. The molecular formula is C23H34N2O3S. The predicted octanol–water partition coefficient (Wildman–Crippen LogP) is 2.98. The Morgan fingerprint density at radius 1 is 1.38 bits per heavy atom. The van der Waals surface area contributed by atoms with E-state index in [0.717, 1.165) is 58.2 Å². The second-order valence-electron chi connectivity index (χ2n) is 9.83. The Morgan fingerprint density at radius 3 is 2.86 bits per heavy atom. The van der Waals surface area contributed by atoms with E-state index in [2.05, 4.69) is 30.1 Å². The van der Waals surface area contributed by atoms with Gasteiger partial charge in [-0.3, -0.25) is 4.79 Å². The molecule has 6 heteroatoms. The second kappa shape index (κ2) is 7.33. The Kier molecular flexibility index (Phi) is 5.05. The van der Waals surface area contributed by atoms with E-state index in [1.54, 1.807) is 4.88 Å². The Labute approximate surface area is 177 Å². The van der Waals surface area contributed by atoms with Crippen molar-refractivity contribution in [3.63, 3.8) is 0 Å². The SMILES string of the molecule is CCc1cc2c(s1)CCO[C@@]21CCN(C[C@H]2C[C@@H](NC(=O)C3(O)CC3)C2)[C@@H](C)C1. The highest BCUT2D eigenvalue weighted by Crippen LogP contribution is 2.46. The minimum absolute atomic E-state index is 0.0662. The monoisotopic (exact) mass is 418 g/mol. The average molecular weight is 419 g/mol. The van der Waals surface area contributed by atoms with Crippen molar-refractivity contribution < 1.29 is 14.6 Å². The van der Waals surface area contributed by atoms with Crippen LogP contribution < -0.4 is 5.32 Å². The lowest BCUT2D eigenvalue weighted by molar-refractivity contribution is -0.133. The fourth-order valence-corrected chi connectivity index (χ4v) is 6.72. The number of thiophene rings is 1. The first-order valence-corrected chi connectivity index (χ1v) is 12.3. The number of carbonyl (C=O) groups excluding carboxylic acids is 1. The first-order chi connectivity index (χ1) is 13.9. The third-order valence-electron chi connectivity index (χ3n) is 7.67. The van der Waals surface area contributed by atoms with Gasteiger partial charge in [0.05, 0.1) is 12.2 Å². The molecule has 3 fully saturated rings. The van der Waals surface area contributed by atoms with Crippen LogP contribution in [0.15, 0.2) is 6.07 Å². The Morgan fingerprint density at radius 2 is 2.17 bits per heavy atom. The number of likely N-dealkylation sites (tertiary alicyclic amines) is 1. The summed E-state index contributed by atoms with van der Waals surface area (Å²) in [5.41, 5.74) is 0.379. The van der Waals surface area contributed by atoms with E-state index >= 15 is 0 Å². The van der Waals surface area contributed by atoms with Crippen molar-refractivity contribution in [3.05, 3.63) is 21.4 Å². The second-order valence-corrected chi connectivity index (χ2v) is 11.1. The topological polar surface area (TPSA) is 61.8 Å². The number of piperidine rings is 1. The molecule has 5 nitrogen and oxygen atoms in total. The van der Waals surface area contributed by atoms with Crippen LogP contribution in [0.1, 0.15) is 67.7 Å². The number of hydrogen-bond acceptors (Lipinski definition) is 5. The van der Waals surface area contributed by atoms with Crippen molar-refractivity contribution in [3.8, 4) is 0 Å².